The molecule has 0 aliphatic heterocycles. The summed E-state index contributed by atoms with van der Waals surface area (Å²) in [5.41, 5.74) is 2.05. The van der Waals surface area contributed by atoms with Gasteiger partial charge in [0, 0.05) is 19.2 Å². The van der Waals surface area contributed by atoms with E-state index in [1.165, 1.54) is 0 Å². The van der Waals surface area contributed by atoms with Gasteiger partial charge < -0.3 is 14.4 Å². The fourth-order valence-corrected chi connectivity index (χ4v) is 2.58. The van der Waals surface area contributed by atoms with Crippen LogP contribution in [-0.4, -0.2) is 37.7 Å². The van der Waals surface area contributed by atoms with Gasteiger partial charge in [0.2, 0.25) is 0 Å². The molecule has 1 amide bonds. The van der Waals surface area contributed by atoms with Gasteiger partial charge in [-0.05, 0) is 48.9 Å². The monoisotopic (exact) mass is 338 g/mol. The third-order valence-electron chi connectivity index (χ3n) is 3.95. The van der Waals surface area contributed by atoms with E-state index < -0.39 is 0 Å². The van der Waals surface area contributed by atoms with Gasteiger partial charge in [0.15, 0.2) is 0 Å². The molecule has 0 bridgehead atoms. The Kier molecular flexibility index (Phi) is 6.55. The second kappa shape index (κ2) is 8.86. The Labute approximate surface area is 148 Å². The number of nitriles is 1. The molecule has 0 N–H and O–H groups in total. The Balaban J connectivity index is 2.27. The molecule has 2 aromatic rings. The third kappa shape index (κ3) is 4.82. The van der Waals surface area contributed by atoms with Crippen LogP contribution in [-0.2, 0) is 11.3 Å². The highest BCUT2D eigenvalue weighted by atomic mass is 16.5. The lowest BCUT2D eigenvalue weighted by Gasteiger charge is -2.29. The summed E-state index contributed by atoms with van der Waals surface area (Å²) in [5.74, 6) is 0.652. The van der Waals surface area contributed by atoms with Crippen molar-refractivity contribution in [3.05, 3.63) is 65.2 Å². The summed E-state index contributed by atoms with van der Waals surface area (Å²) in [5, 5.41) is 8.90. The summed E-state index contributed by atoms with van der Waals surface area (Å²) in [4.78, 5) is 14.7. The standard InChI is InChI=1S/C20H22N2O3/c1-15(14-24-2)22(13-17-5-4-6-19(11-17)25-3)20(23)18-9-7-16(12-21)8-10-18/h4-11,15H,13-14H2,1-3H3. The van der Waals surface area contributed by atoms with E-state index in [0.717, 1.165) is 11.3 Å². The van der Waals surface area contributed by atoms with Crippen LogP contribution in [0, 0.1) is 11.3 Å². The zero-order chi connectivity index (χ0) is 18.2. The Morgan fingerprint density at radius 1 is 1.20 bits per heavy atom. The summed E-state index contributed by atoms with van der Waals surface area (Å²) in [6.07, 6.45) is 0. The minimum Gasteiger partial charge on any atom is -0.497 e. The van der Waals surface area contributed by atoms with E-state index in [-0.39, 0.29) is 11.9 Å². The Bertz CT molecular complexity index is 750. The minimum atomic E-state index is -0.100. The quantitative estimate of drug-likeness (QED) is 0.777. The van der Waals surface area contributed by atoms with Gasteiger partial charge in [0.1, 0.15) is 5.75 Å². The van der Waals surface area contributed by atoms with E-state index in [4.69, 9.17) is 14.7 Å². The van der Waals surface area contributed by atoms with Crippen LogP contribution in [0.5, 0.6) is 5.75 Å². The first-order valence-electron chi connectivity index (χ1n) is 8.02. The van der Waals surface area contributed by atoms with Gasteiger partial charge in [-0.2, -0.15) is 5.26 Å². The van der Waals surface area contributed by atoms with Crippen LogP contribution < -0.4 is 4.74 Å². The first kappa shape index (κ1) is 18.5. The van der Waals surface area contributed by atoms with Crippen molar-refractivity contribution >= 4 is 5.91 Å². The molecule has 5 heteroatoms. The summed E-state index contributed by atoms with van der Waals surface area (Å²) >= 11 is 0. The first-order chi connectivity index (χ1) is 12.1. The molecule has 1 unspecified atom stereocenters. The number of benzene rings is 2. The molecule has 0 heterocycles. The summed E-state index contributed by atoms with van der Waals surface area (Å²) in [6.45, 7) is 2.83. The Hall–Kier alpha value is -2.84. The lowest BCUT2D eigenvalue weighted by molar-refractivity contribution is 0.0542. The predicted molar refractivity (Wildman–Crippen MR) is 95.4 cm³/mol. The number of hydrogen-bond acceptors (Lipinski definition) is 4. The fourth-order valence-electron chi connectivity index (χ4n) is 2.58. The van der Waals surface area contributed by atoms with Crippen LogP contribution in [0.15, 0.2) is 48.5 Å². The van der Waals surface area contributed by atoms with Crippen molar-refractivity contribution in [3.8, 4) is 11.8 Å². The van der Waals surface area contributed by atoms with E-state index in [1.54, 1.807) is 43.4 Å². The van der Waals surface area contributed by atoms with Gasteiger partial charge in [-0.1, -0.05) is 12.1 Å². The van der Waals surface area contributed by atoms with Crippen molar-refractivity contribution in [2.24, 2.45) is 0 Å². The van der Waals surface area contributed by atoms with Gasteiger partial charge in [-0.3, -0.25) is 4.79 Å². The van der Waals surface area contributed by atoms with Crippen molar-refractivity contribution < 1.29 is 14.3 Å². The number of amides is 1. The predicted octanol–water partition coefficient (Wildman–Crippen LogP) is 3.24. The number of nitrogens with zero attached hydrogens (tertiary/aromatic N) is 2. The lowest BCUT2D eigenvalue weighted by atomic mass is 10.1. The van der Waals surface area contributed by atoms with Crippen molar-refractivity contribution in [2.75, 3.05) is 20.8 Å². The van der Waals surface area contributed by atoms with E-state index in [9.17, 15) is 4.79 Å². The van der Waals surface area contributed by atoms with Crippen LogP contribution in [0.4, 0.5) is 0 Å². The molecule has 0 saturated heterocycles. The van der Waals surface area contributed by atoms with Gasteiger partial charge in [0.05, 0.1) is 31.4 Å². The second-order valence-electron chi connectivity index (χ2n) is 5.78. The highest BCUT2D eigenvalue weighted by Gasteiger charge is 2.22. The highest BCUT2D eigenvalue weighted by Crippen LogP contribution is 2.18. The van der Waals surface area contributed by atoms with Crippen molar-refractivity contribution in [1.29, 1.82) is 5.26 Å². The molecule has 0 saturated carbocycles. The average Bonchev–Trinajstić information content (AvgIpc) is 2.66. The Morgan fingerprint density at radius 3 is 2.52 bits per heavy atom. The normalized spacial score (nSPS) is 11.4. The molecule has 0 aromatic heterocycles. The van der Waals surface area contributed by atoms with Crippen LogP contribution >= 0.6 is 0 Å². The van der Waals surface area contributed by atoms with Crippen molar-refractivity contribution in [2.45, 2.75) is 19.5 Å². The molecule has 0 spiro atoms. The molecule has 2 rings (SSSR count). The average molecular weight is 338 g/mol. The van der Waals surface area contributed by atoms with Gasteiger partial charge in [0.25, 0.3) is 5.91 Å². The second-order valence-corrected chi connectivity index (χ2v) is 5.78. The molecule has 0 radical (unpaired) electrons. The van der Waals surface area contributed by atoms with E-state index in [0.29, 0.717) is 24.3 Å². The number of ether oxygens (including phenoxy) is 2. The maximum Gasteiger partial charge on any atom is 0.254 e. The molecule has 5 nitrogen and oxygen atoms in total. The summed E-state index contributed by atoms with van der Waals surface area (Å²) < 4.78 is 10.5. The van der Waals surface area contributed by atoms with Crippen LogP contribution in [0.1, 0.15) is 28.4 Å². The smallest absolute Gasteiger partial charge is 0.254 e. The van der Waals surface area contributed by atoms with Crippen LogP contribution in [0.2, 0.25) is 0 Å². The maximum atomic E-state index is 13.0. The number of carbonyl (C=O) groups is 1. The minimum absolute atomic E-state index is 0.0978. The molecule has 0 aliphatic carbocycles. The van der Waals surface area contributed by atoms with E-state index in [1.807, 2.05) is 31.2 Å². The van der Waals surface area contributed by atoms with E-state index in [2.05, 4.69) is 6.07 Å². The number of methoxy groups -OCH3 is 2. The molecule has 2 aromatic carbocycles. The third-order valence-corrected chi connectivity index (χ3v) is 3.95. The number of rotatable bonds is 7. The molecular formula is C20H22N2O3. The highest BCUT2D eigenvalue weighted by molar-refractivity contribution is 5.94. The molecule has 130 valence electrons. The topological polar surface area (TPSA) is 62.6 Å². The van der Waals surface area contributed by atoms with E-state index >= 15 is 0 Å². The molecule has 0 aliphatic rings. The van der Waals surface area contributed by atoms with Gasteiger partial charge in [-0.15, -0.1) is 0 Å². The Morgan fingerprint density at radius 2 is 1.92 bits per heavy atom. The van der Waals surface area contributed by atoms with Gasteiger partial charge >= 0.3 is 0 Å². The molecule has 0 fully saturated rings. The fraction of sp³-hybridized carbons (Fsp3) is 0.300. The van der Waals surface area contributed by atoms with Gasteiger partial charge in [-0.25, -0.2) is 0 Å². The summed E-state index contributed by atoms with van der Waals surface area (Å²) in [7, 11) is 3.23. The maximum absolute atomic E-state index is 13.0. The molecular weight excluding hydrogens is 316 g/mol. The summed E-state index contributed by atoms with van der Waals surface area (Å²) in [6, 6.07) is 16.3. The van der Waals surface area contributed by atoms with Crippen molar-refractivity contribution in [3.63, 3.8) is 0 Å². The first-order valence-corrected chi connectivity index (χ1v) is 8.02. The molecule has 1 atom stereocenters. The lowest BCUT2D eigenvalue weighted by Crippen LogP contribution is -2.40. The number of carbonyl (C=O) groups excluding carboxylic acids is 1. The molecule has 25 heavy (non-hydrogen) atoms. The van der Waals surface area contributed by atoms with Crippen LogP contribution in [0.25, 0.3) is 0 Å². The van der Waals surface area contributed by atoms with Crippen molar-refractivity contribution in [1.82, 2.24) is 4.90 Å². The zero-order valence-electron chi connectivity index (χ0n) is 14.7. The zero-order valence-corrected chi connectivity index (χ0v) is 14.7. The largest absolute Gasteiger partial charge is 0.497 e. The van der Waals surface area contributed by atoms with Crippen LogP contribution in [0.3, 0.4) is 0 Å². The SMILES string of the molecule is COCC(C)N(Cc1cccc(OC)c1)C(=O)c1ccc(C#N)cc1. The number of hydrogen-bond donors (Lipinski definition) is 0.